The Morgan fingerprint density at radius 2 is 2.13 bits per heavy atom. The first-order valence-electron chi connectivity index (χ1n) is 4.07. The Kier molecular flexibility index (Phi) is 2.97. The Balaban J connectivity index is 2.79. The third kappa shape index (κ3) is 2.93. The van der Waals surface area contributed by atoms with Gasteiger partial charge in [-0.15, -0.1) is 0 Å². The maximum absolute atomic E-state index is 11.9. The van der Waals surface area contributed by atoms with Gasteiger partial charge in [0.2, 0.25) is 0 Å². The van der Waals surface area contributed by atoms with E-state index in [1.54, 1.807) is 0 Å². The van der Waals surface area contributed by atoms with E-state index in [-0.39, 0.29) is 11.5 Å². The maximum Gasteiger partial charge on any atom is 0.422 e. The molecule has 0 spiro atoms. The van der Waals surface area contributed by atoms with Crippen molar-refractivity contribution in [1.82, 2.24) is 5.32 Å². The average Bonchev–Trinajstić information content (AvgIpc) is 2.10. The smallest absolute Gasteiger partial charge is 0.422 e. The summed E-state index contributed by atoms with van der Waals surface area (Å²) in [6.45, 7) is 3.60. The summed E-state index contributed by atoms with van der Waals surface area (Å²) in [5.74, 6) is -0.569. The fraction of sp³-hybridized carbons (Fsp3) is 0.333. The second-order valence-corrected chi connectivity index (χ2v) is 3.01. The highest BCUT2D eigenvalue weighted by molar-refractivity contribution is 5.40. The lowest BCUT2D eigenvalue weighted by Crippen LogP contribution is -2.21. The molecular weight excluding hydrogens is 211 g/mol. The molecule has 1 heterocycles. The van der Waals surface area contributed by atoms with Gasteiger partial charge in [0.25, 0.3) is 0 Å². The van der Waals surface area contributed by atoms with E-state index in [0.29, 0.717) is 11.3 Å². The van der Waals surface area contributed by atoms with Crippen LogP contribution < -0.4 is 5.32 Å². The predicted octanol–water partition coefficient (Wildman–Crippen LogP) is 2.36. The lowest BCUT2D eigenvalue weighted by molar-refractivity contribution is -0.165. The quantitative estimate of drug-likeness (QED) is 0.752. The van der Waals surface area contributed by atoms with Gasteiger partial charge < -0.3 is 15.2 Å². The minimum absolute atomic E-state index is 0.198. The summed E-state index contributed by atoms with van der Waals surface area (Å²) < 4.78 is 40.1. The number of ether oxygens (including phenoxy) is 1. The molecule has 0 saturated carbocycles. The van der Waals surface area contributed by atoms with Crippen molar-refractivity contribution in [3.63, 3.8) is 0 Å². The molecule has 0 aromatic rings. The summed E-state index contributed by atoms with van der Waals surface area (Å²) in [6, 6.07) is 0. The largest absolute Gasteiger partial charge is 0.503 e. The number of hydrogen-bond acceptors (Lipinski definition) is 3. The van der Waals surface area contributed by atoms with Crippen molar-refractivity contribution in [3.05, 3.63) is 35.6 Å². The minimum atomic E-state index is -4.43. The third-order valence-electron chi connectivity index (χ3n) is 1.79. The Hall–Kier alpha value is -1.59. The van der Waals surface area contributed by atoms with Crippen LogP contribution >= 0.6 is 0 Å². The molecule has 0 fully saturated rings. The third-order valence-corrected chi connectivity index (χ3v) is 1.79. The predicted molar refractivity (Wildman–Crippen MR) is 47.7 cm³/mol. The van der Waals surface area contributed by atoms with Gasteiger partial charge in [0.15, 0.2) is 18.1 Å². The van der Waals surface area contributed by atoms with Crippen LogP contribution in [0, 0.1) is 0 Å². The first-order valence-corrected chi connectivity index (χ1v) is 4.07. The number of alkyl halides is 3. The van der Waals surface area contributed by atoms with Gasteiger partial charge in [-0.05, 0) is 6.92 Å². The van der Waals surface area contributed by atoms with Gasteiger partial charge in [-0.2, -0.15) is 13.2 Å². The first kappa shape index (κ1) is 11.5. The highest BCUT2D eigenvalue weighted by Gasteiger charge is 2.30. The molecule has 0 aromatic heterocycles. The van der Waals surface area contributed by atoms with Crippen molar-refractivity contribution in [3.8, 4) is 0 Å². The molecular formula is C9H10F3NO2. The van der Waals surface area contributed by atoms with Crippen LogP contribution in [0.15, 0.2) is 35.6 Å². The first-order chi connectivity index (χ1) is 6.81. The number of dihydropyridines is 1. The molecule has 1 aliphatic heterocycles. The van der Waals surface area contributed by atoms with Crippen molar-refractivity contribution in [1.29, 1.82) is 0 Å². The van der Waals surface area contributed by atoms with Crippen LogP contribution in [0.3, 0.4) is 0 Å². The van der Waals surface area contributed by atoms with E-state index >= 15 is 0 Å². The van der Waals surface area contributed by atoms with Crippen molar-refractivity contribution in [2.24, 2.45) is 0 Å². The van der Waals surface area contributed by atoms with Gasteiger partial charge in [-0.1, -0.05) is 6.58 Å². The normalized spacial score (nSPS) is 17.3. The fourth-order valence-electron chi connectivity index (χ4n) is 0.995. The van der Waals surface area contributed by atoms with E-state index in [1.165, 1.54) is 6.92 Å². The van der Waals surface area contributed by atoms with Gasteiger partial charge in [0.1, 0.15) is 0 Å². The molecule has 0 radical (unpaired) electrons. The maximum atomic E-state index is 11.9. The molecule has 1 aliphatic rings. The molecule has 0 saturated heterocycles. The van der Waals surface area contributed by atoms with Crippen LogP contribution in [0.5, 0.6) is 0 Å². The molecule has 15 heavy (non-hydrogen) atoms. The molecule has 0 unspecified atom stereocenters. The number of rotatable bonds is 2. The van der Waals surface area contributed by atoms with Crippen LogP contribution in [0.2, 0.25) is 0 Å². The summed E-state index contributed by atoms with van der Waals surface area (Å²) in [5, 5.41) is 11.8. The molecule has 84 valence electrons. The molecule has 0 bridgehead atoms. The zero-order chi connectivity index (χ0) is 11.6. The Morgan fingerprint density at radius 3 is 2.67 bits per heavy atom. The summed E-state index contributed by atoms with van der Waals surface area (Å²) >= 11 is 0. The van der Waals surface area contributed by atoms with Gasteiger partial charge in [0, 0.05) is 17.5 Å². The van der Waals surface area contributed by atoms with Gasteiger partial charge in [-0.25, -0.2) is 0 Å². The molecule has 1 rings (SSSR count). The highest BCUT2D eigenvalue weighted by atomic mass is 19.4. The van der Waals surface area contributed by atoms with Gasteiger partial charge >= 0.3 is 6.18 Å². The monoisotopic (exact) mass is 221 g/mol. The molecule has 2 N–H and O–H groups in total. The summed E-state index contributed by atoms with van der Waals surface area (Å²) in [4.78, 5) is 0. The van der Waals surface area contributed by atoms with E-state index < -0.39 is 12.8 Å². The Morgan fingerprint density at radius 1 is 1.53 bits per heavy atom. The number of aliphatic hydroxyl groups excluding tert-OH is 1. The second kappa shape index (κ2) is 3.88. The second-order valence-electron chi connectivity index (χ2n) is 3.01. The lowest BCUT2D eigenvalue weighted by atomic mass is 10.1. The summed E-state index contributed by atoms with van der Waals surface area (Å²) in [5.41, 5.74) is 0.740. The summed E-state index contributed by atoms with van der Waals surface area (Å²) in [6.07, 6.45) is -3.30. The zero-order valence-corrected chi connectivity index (χ0v) is 7.98. The highest BCUT2D eigenvalue weighted by Crippen LogP contribution is 2.25. The van der Waals surface area contributed by atoms with Crippen LogP contribution in [0.4, 0.5) is 13.2 Å². The molecule has 3 nitrogen and oxygen atoms in total. The topological polar surface area (TPSA) is 41.5 Å². The number of halogens is 3. The van der Waals surface area contributed by atoms with Gasteiger partial charge in [0.05, 0.1) is 0 Å². The lowest BCUT2D eigenvalue weighted by Gasteiger charge is -2.20. The fourth-order valence-corrected chi connectivity index (χ4v) is 0.995. The SMILES string of the molecule is C=C1NC=C(O)C(OCC(F)(F)F)=C1C. The molecule has 0 aliphatic carbocycles. The van der Waals surface area contributed by atoms with Crippen molar-refractivity contribution in [2.45, 2.75) is 13.1 Å². The van der Waals surface area contributed by atoms with Crippen molar-refractivity contribution < 1.29 is 23.0 Å². The average molecular weight is 221 g/mol. The zero-order valence-electron chi connectivity index (χ0n) is 7.98. The number of hydrogen-bond donors (Lipinski definition) is 2. The van der Waals surface area contributed by atoms with E-state index in [1.807, 2.05) is 0 Å². The minimum Gasteiger partial charge on any atom is -0.503 e. The Bertz CT molecular complexity index is 342. The van der Waals surface area contributed by atoms with Gasteiger partial charge in [-0.3, -0.25) is 0 Å². The van der Waals surface area contributed by atoms with Crippen LogP contribution in [-0.4, -0.2) is 17.9 Å². The molecule has 0 amide bonds. The molecule has 0 aromatic carbocycles. The Labute approximate surface area is 84.5 Å². The number of aliphatic hydroxyl groups is 1. The van der Waals surface area contributed by atoms with Crippen LogP contribution in [-0.2, 0) is 4.74 Å². The van der Waals surface area contributed by atoms with E-state index in [4.69, 9.17) is 0 Å². The molecule has 0 atom stereocenters. The van der Waals surface area contributed by atoms with Crippen LogP contribution in [0.1, 0.15) is 6.92 Å². The van der Waals surface area contributed by atoms with Crippen molar-refractivity contribution >= 4 is 0 Å². The van der Waals surface area contributed by atoms with E-state index in [2.05, 4.69) is 16.6 Å². The van der Waals surface area contributed by atoms with E-state index in [9.17, 15) is 18.3 Å². The van der Waals surface area contributed by atoms with E-state index in [0.717, 1.165) is 6.20 Å². The summed E-state index contributed by atoms with van der Waals surface area (Å²) in [7, 11) is 0. The number of nitrogens with one attached hydrogen (secondary N) is 1. The van der Waals surface area contributed by atoms with Crippen molar-refractivity contribution in [2.75, 3.05) is 6.61 Å². The molecule has 6 heteroatoms. The van der Waals surface area contributed by atoms with Crippen LogP contribution in [0.25, 0.3) is 0 Å². The number of allylic oxidation sites excluding steroid dienone is 1. The standard InChI is InChI=1S/C9H10F3NO2/c1-5-6(2)13-3-7(14)8(5)15-4-9(10,11)12/h3,13-14H,2,4H2,1H3.